The van der Waals surface area contributed by atoms with Crippen LogP contribution in [0.5, 0.6) is 0 Å². The van der Waals surface area contributed by atoms with E-state index in [9.17, 15) is 13.2 Å². The molecule has 4 nitrogen and oxygen atoms in total. The van der Waals surface area contributed by atoms with Gasteiger partial charge < -0.3 is 4.74 Å². The van der Waals surface area contributed by atoms with Gasteiger partial charge in [0.2, 0.25) is 0 Å². The third-order valence-electron chi connectivity index (χ3n) is 4.79. The Labute approximate surface area is 125 Å². The molecule has 2 heterocycles. The van der Waals surface area contributed by atoms with Crippen LogP contribution in [0.4, 0.5) is 0 Å². The lowest BCUT2D eigenvalue weighted by atomic mass is 9.78. The van der Waals surface area contributed by atoms with Gasteiger partial charge in [0.1, 0.15) is 4.75 Å². The fourth-order valence-corrected chi connectivity index (χ4v) is 4.79. The highest BCUT2D eigenvalue weighted by atomic mass is 32.2. The molecule has 2 aliphatic rings. The number of thioether (sulfide) groups is 1. The van der Waals surface area contributed by atoms with E-state index in [0.717, 1.165) is 30.6 Å². The number of carbonyl (C=O) groups is 1. The van der Waals surface area contributed by atoms with E-state index in [1.807, 2.05) is 11.8 Å². The third kappa shape index (κ3) is 3.07. The molecule has 1 spiro atoms. The lowest BCUT2D eigenvalue weighted by Gasteiger charge is -2.44. The molecule has 2 saturated heterocycles. The predicted molar refractivity (Wildman–Crippen MR) is 81.9 cm³/mol. The molecule has 0 aromatic carbocycles. The Hall–Kier alpha value is -0.0700. The maximum Gasteiger partial charge on any atom is 0.159 e. The standard InChI is InChI=1S/C14H24O4S2/c1-13(2,20(3,16)17)12(15)11-4-7-18-14(10-11)5-8-19-9-6-14/h11H,4-10H2,1-3H3. The van der Waals surface area contributed by atoms with Crippen LogP contribution in [0.2, 0.25) is 0 Å². The molecule has 1 unspecified atom stereocenters. The fourth-order valence-electron chi connectivity index (χ4n) is 3.02. The van der Waals surface area contributed by atoms with E-state index >= 15 is 0 Å². The first-order valence-electron chi connectivity index (χ1n) is 7.14. The molecule has 1 atom stereocenters. The zero-order valence-corrected chi connectivity index (χ0v) is 14.1. The average Bonchev–Trinajstić information content (AvgIpc) is 2.37. The number of hydrogen-bond acceptors (Lipinski definition) is 5. The van der Waals surface area contributed by atoms with Gasteiger partial charge in [-0.15, -0.1) is 0 Å². The van der Waals surface area contributed by atoms with Crippen LogP contribution in [-0.2, 0) is 19.4 Å². The van der Waals surface area contributed by atoms with E-state index in [-0.39, 0.29) is 17.3 Å². The fraction of sp³-hybridized carbons (Fsp3) is 0.929. The van der Waals surface area contributed by atoms with Crippen molar-refractivity contribution in [3.05, 3.63) is 0 Å². The van der Waals surface area contributed by atoms with Crippen molar-refractivity contribution in [3.63, 3.8) is 0 Å². The summed E-state index contributed by atoms with van der Waals surface area (Å²) >= 11 is 1.92. The van der Waals surface area contributed by atoms with Crippen LogP contribution in [0.25, 0.3) is 0 Å². The SMILES string of the molecule is CC(C)(C(=O)C1CCOC2(CCSCC2)C1)S(C)(=O)=O. The Morgan fingerprint density at radius 3 is 2.45 bits per heavy atom. The summed E-state index contributed by atoms with van der Waals surface area (Å²) in [6, 6.07) is 0. The Morgan fingerprint density at radius 1 is 1.30 bits per heavy atom. The monoisotopic (exact) mass is 320 g/mol. The molecular formula is C14H24O4S2. The smallest absolute Gasteiger partial charge is 0.159 e. The van der Waals surface area contributed by atoms with Gasteiger partial charge in [-0.05, 0) is 51.0 Å². The number of carbonyl (C=O) groups excluding carboxylic acids is 1. The van der Waals surface area contributed by atoms with Gasteiger partial charge in [0.15, 0.2) is 15.6 Å². The molecule has 2 rings (SSSR count). The van der Waals surface area contributed by atoms with Crippen LogP contribution in [0, 0.1) is 5.92 Å². The number of rotatable bonds is 3. The van der Waals surface area contributed by atoms with Gasteiger partial charge in [0, 0.05) is 18.8 Å². The Kier molecular flexibility index (Phi) is 4.57. The van der Waals surface area contributed by atoms with Gasteiger partial charge in [0.25, 0.3) is 0 Å². The zero-order chi connectivity index (χ0) is 15.0. The van der Waals surface area contributed by atoms with Gasteiger partial charge in [-0.2, -0.15) is 11.8 Å². The molecule has 0 saturated carbocycles. The second-order valence-electron chi connectivity index (χ2n) is 6.48. The molecule has 0 radical (unpaired) electrons. The molecule has 116 valence electrons. The second kappa shape index (κ2) is 5.61. The summed E-state index contributed by atoms with van der Waals surface area (Å²) in [7, 11) is -3.39. The first-order valence-corrected chi connectivity index (χ1v) is 10.2. The van der Waals surface area contributed by atoms with Crippen LogP contribution in [0.15, 0.2) is 0 Å². The van der Waals surface area contributed by atoms with Gasteiger partial charge in [-0.3, -0.25) is 4.79 Å². The number of ether oxygens (including phenoxy) is 1. The Morgan fingerprint density at radius 2 is 1.90 bits per heavy atom. The van der Waals surface area contributed by atoms with Crippen molar-refractivity contribution in [1.29, 1.82) is 0 Å². The van der Waals surface area contributed by atoms with Gasteiger partial charge in [-0.25, -0.2) is 8.42 Å². The molecule has 0 amide bonds. The molecule has 20 heavy (non-hydrogen) atoms. The Balaban J connectivity index is 2.15. The van der Waals surface area contributed by atoms with Crippen molar-refractivity contribution >= 4 is 27.4 Å². The summed E-state index contributed by atoms with van der Waals surface area (Å²) in [5.74, 6) is 1.81. The van der Waals surface area contributed by atoms with Crippen molar-refractivity contribution in [2.75, 3.05) is 24.4 Å². The lowest BCUT2D eigenvalue weighted by Crippen LogP contribution is -2.50. The number of hydrogen-bond donors (Lipinski definition) is 0. The third-order valence-corrected chi connectivity index (χ3v) is 7.83. The summed E-state index contributed by atoms with van der Waals surface area (Å²) < 4.78 is 28.4. The van der Waals surface area contributed by atoms with Crippen LogP contribution in [0.3, 0.4) is 0 Å². The van der Waals surface area contributed by atoms with Crippen LogP contribution in [-0.4, -0.2) is 48.9 Å². The van der Waals surface area contributed by atoms with Crippen LogP contribution < -0.4 is 0 Å². The summed E-state index contributed by atoms with van der Waals surface area (Å²) in [4.78, 5) is 12.7. The molecule has 6 heteroatoms. The highest BCUT2D eigenvalue weighted by Gasteiger charge is 2.47. The number of ketones is 1. The van der Waals surface area contributed by atoms with E-state index in [4.69, 9.17) is 4.74 Å². The molecule has 0 aromatic heterocycles. The Bertz CT molecular complexity index is 470. The highest BCUT2D eigenvalue weighted by molar-refractivity contribution is 7.99. The summed E-state index contributed by atoms with van der Waals surface area (Å²) in [5.41, 5.74) is -0.183. The molecule has 0 bridgehead atoms. The number of sulfone groups is 1. The van der Waals surface area contributed by atoms with Gasteiger partial charge >= 0.3 is 0 Å². The van der Waals surface area contributed by atoms with E-state index in [2.05, 4.69) is 0 Å². The lowest BCUT2D eigenvalue weighted by molar-refractivity contribution is -0.140. The van der Waals surface area contributed by atoms with Gasteiger partial charge in [-0.1, -0.05) is 0 Å². The molecule has 0 N–H and O–H groups in total. The highest BCUT2D eigenvalue weighted by Crippen LogP contribution is 2.41. The molecule has 2 aliphatic heterocycles. The molecule has 0 aliphatic carbocycles. The minimum Gasteiger partial charge on any atom is -0.375 e. The second-order valence-corrected chi connectivity index (χ2v) is 10.3. The minimum atomic E-state index is -3.39. The molecule has 0 aromatic rings. The summed E-state index contributed by atoms with van der Waals surface area (Å²) in [6.07, 6.45) is 4.43. The van der Waals surface area contributed by atoms with Crippen LogP contribution >= 0.6 is 11.8 Å². The van der Waals surface area contributed by atoms with Crippen molar-refractivity contribution in [1.82, 2.24) is 0 Å². The normalized spacial score (nSPS) is 27.4. The average molecular weight is 320 g/mol. The van der Waals surface area contributed by atoms with E-state index in [1.54, 1.807) is 0 Å². The zero-order valence-electron chi connectivity index (χ0n) is 12.5. The van der Waals surface area contributed by atoms with E-state index in [0.29, 0.717) is 19.4 Å². The van der Waals surface area contributed by atoms with Crippen molar-refractivity contribution < 1.29 is 17.9 Å². The summed E-state index contributed by atoms with van der Waals surface area (Å²) in [5, 5.41) is 0. The van der Waals surface area contributed by atoms with E-state index in [1.165, 1.54) is 13.8 Å². The quantitative estimate of drug-likeness (QED) is 0.797. The van der Waals surface area contributed by atoms with Crippen molar-refractivity contribution in [3.8, 4) is 0 Å². The minimum absolute atomic E-state index is 0.138. The first-order chi connectivity index (χ1) is 9.18. The van der Waals surface area contributed by atoms with Crippen molar-refractivity contribution in [2.24, 2.45) is 5.92 Å². The van der Waals surface area contributed by atoms with E-state index < -0.39 is 14.6 Å². The predicted octanol–water partition coefficient (Wildman–Crippen LogP) is 2.07. The number of Topliss-reactive ketones (excluding diaryl/α,β-unsaturated/α-hetero) is 1. The maximum absolute atomic E-state index is 12.7. The van der Waals surface area contributed by atoms with Crippen LogP contribution in [0.1, 0.15) is 39.5 Å². The van der Waals surface area contributed by atoms with Crippen molar-refractivity contribution in [2.45, 2.75) is 49.9 Å². The topological polar surface area (TPSA) is 60.4 Å². The molecular weight excluding hydrogens is 296 g/mol. The molecule has 2 fully saturated rings. The summed E-state index contributed by atoms with van der Waals surface area (Å²) in [6.45, 7) is 3.63. The largest absolute Gasteiger partial charge is 0.375 e. The maximum atomic E-state index is 12.7. The first kappa shape index (κ1) is 16.3. The van der Waals surface area contributed by atoms with Gasteiger partial charge in [0.05, 0.1) is 5.60 Å².